The highest BCUT2D eigenvalue weighted by atomic mass is 16.2. The van der Waals surface area contributed by atoms with E-state index in [1.807, 2.05) is 0 Å². The van der Waals surface area contributed by atoms with Crippen LogP contribution in [0.5, 0.6) is 0 Å². The number of fused-ring (bicyclic) bond motifs is 1. The van der Waals surface area contributed by atoms with Gasteiger partial charge in [-0.15, -0.1) is 0 Å². The predicted octanol–water partition coefficient (Wildman–Crippen LogP) is 1.03. The van der Waals surface area contributed by atoms with E-state index in [1.54, 1.807) is 12.1 Å². The summed E-state index contributed by atoms with van der Waals surface area (Å²) in [7, 11) is 0. The van der Waals surface area contributed by atoms with Crippen LogP contribution in [-0.4, -0.2) is 23.8 Å². The van der Waals surface area contributed by atoms with Crippen molar-refractivity contribution in [3.05, 3.63) is 29.3 Å². The maximum Gasteiger partial charge on any atom is 0.259 e. The van der Waals surface area contributed by atoms with Gasteiger partial charge in [-0.05, 0) is 37.5 Å². The van der Waals surface area contributed by atoms with Gasteiger partial charge < -0.3 is 11.1 Å². The summed E-state index contributed by atoms with van der Waals surface area (Å²) in [6.07, 6.45) is 3.45. The molecule has 0 saturated heterocycles. The molecule has 21 heavy (non-hydrogen) atoms. The van der Waals surface area contributed by atoms with Crippen LogP contribution in [0.2, 0.25) is 0 Å². The lowest BCUT2D eigenvalue weighted by molar-refractivity contribution is -0.120. The van der Waals surface area contributed by atoms with Gasteiger partial charge in [0.2, 0.25) is 5.91 Å². The number of rotatable bonds is 2. The Bertz CT molecular complexity index is 627. The molecule has 1 saturated carbocycles. The molecule has 2 atom stereocenters. The molecule has 0 radical (unpaired) electrons. The number of anilines is 1. The molecule has 4 N–H and O–H groups in total. The third kappa shape index (κ3) is 2.67. The fraction of sp³-hybridized carbons (Fsp3) is 0.400. The van der Waals surface area contributed by atoms with Crippen molar-refractivity contribution in [3.63, 3.8) is 0 Å². The lowest BCUT2D eigenvalue weighted by Crippen LogP contribution is -2.34. The van der Waals surface area contributed by atoms with Gasteiger partial charge in [-0.25, -0.2) is 0 Å². The molecular weight excluding hydrogens is 270 g/mol. The minimum Gasteiger partial charge on any atom is -0.328 e. The van der Waals surface area contributed by atoms with E-state index in [0.717, 1.165) is 19.3 Å². The smallest absolute Gasteiger partial charge is 0.259 e. The average molecular weight is 287 g/mol. The van der Waals surface area contributed by atoms with Crippen LogP contribution in [0.25, 0.3) is 0 Å². The summed E-state index contributed by atoms with van der Waals surface area (Å²) in [5.74, 6) is -0.982. The number of benzene rings is 1. The fourth-order valence-corrected chi connectivity index (χ4v) is 2.96. The summed E-state index contributed by atoms with van der Waals surface area (Å²) in [5.41, 5.74) is 7.07. The molecule has 0 spiro atoms. The SMILES string of the molecule is NC1CCCC(C(=O)Nc2ccc3c(c2)C(=O)NC3=O)C1. The molecule has 0 aromatic heterocycles. The second-order valence-electron chi connectivity index (χ2n) is 5.66. The fourth-order valence-electron chi connectivity index (χ4n) is 2.96. The van der Waals surface area contributed by atoms with E-state index in [9.17, 15) is 14.4 Å². The lowest BCUT2D eigenvalue weighted by Gasteiger charge is -2.25. The first-order chi connectivity index (χ1) is 10.0. The van der Waals surface area contributed by atoms with Crippen LogP contribution in [0.1, 0.15) is 46.4 Å². The molecule has 1 heterocycles. The molecule has 3 rings (SSSR count). The number of nitrogens with two attached hydrogens (primary N) is 1. The monoisotopic (exact) mass is 287 g/mol. The van der Waals surface area contributed by atoms with Crippen molar-refractivity contribution in [2.24, 2.45) is 11.7 Å². The van der Waals surface area contributed by atoms with E-state index in [-0.39, 0.29) is 17.9 Å². The Kier molecular flexibility index (Phi) is 3.47. The summed E-state index contributed by atoms with van der Waals surface area (Å²) < 4.78 is 0. The molecule has 6 heteroatoms. The molecule has 1 aliphatic heterocycles. The van der Waals surface area contributed by atoms with E-state index < -0.39 is 11.8 Å². The quantitative estimate of drug-likeness (QED) is 0.707. The normalized spacial score (nSPS) is 24.4. The topological polar surface area (TPSA) is 101 Å². The van der Waals surface area contributed by atoms with Crippen LogP contribution in [0.4, 0.5) is 5.69 Å². The molecule has 0 bridgehead atoms. The Morgan fingerprint density at radius 3 is 2.71 bits per heavy atom. The van der Waals surface area contributed by atoms with Gasteiger partial charge in [0.05, 0.1) is 11.1 Å². The predicted molar refractivity (Wildman–Crippen MR) is 76.8 cm³/mol. The van der Waals surface area contributed by atoms with Gasteiger partial charge in [-0.3, -0.25) is 19.7 Å². The maximum atomic E-state index is 12.2. The average Bonchev–Trinajstić information content (AvgIpc) is 2.74. The minimum atomic E-state index is -0.425. The van der Waals surface area contributed by atoms with Gasteiger partial charge in [0.1, 0.15) is 0 Å². The summed E-state index contributed by atoms with van der Waals surface area (Å²) >= 11 is 0. The summed E-state index contributed by atoms with van der Waals surface area (Å²) in [4.78, 5) is 35.3. The number of amides is 3. The second kappa shape index (κ2) is 5.29. The van der Waals surface area contributed by atoms with Crippen molar-refractivity contribution in [2.45, 2.75) is 31.7 Å². The highest BCUT2D eigenvalue weighted by Crippen LogP contribution is 2.25. The number of carbonyl (C=O) groups is 3. The van der Waals surface area contributed by atoms with Crippen LogP contribution in [0, 0.1) is 5.92 Å². The van der Waals surface area contributed by atoms with Crippen molar-refractivity contribution < 1.29 is 14.4 Å². The van der Waals surface area contributed by atoms with Crippen LogP contribution >= 0.6 is 0 Å². The van der Waals surface area contributed by atoms with Gasteiger partial charge in [0.25, 0.3) is 11.8 Å². The zero-order valence-corrected chi connectivity index (χ0v) is 11.5. The highest BCUT2D eigenvalue weighted by molar-refractivity contribution is 6.22. The highest BCUT2D eigenvalue weighted by Gasteiger charge is 2.28. The van der Waals surface area contributed by atoms with Crippen molar-refractivity contribution in [2.75, 3.05) is 5.32 Å². The van der Waals surface area contributed by atoms with E-state index in [2.05, 4.69) is 10.6 Å². The molecule has 1 aromatic rings. The van der Waals surface area contributed by atoms with Crippen LogP contribution in [0.3, 0.4) is 0 Å². The number of imide groups is 1. The Balaban J connectivity index is 1.74. The van der Waals surface area contributed by atoms with Gasteiger partial charge in [-0.2, -0.15) is 0 Å². The number of hydrogen-bond donors (Lipinski definition) is 3. The zero-order chi connectivity index (χ0) is 15.0. The van der Waals surface area contributed by atoms with Crippen molar-refractivity contribution in [3.8, 4) is 0 Å². The molecule has 2 unspecified atom stereocenters. The molecule has 2 aliphatic rings. The van der Waals surface area contributed by atoms with Gasteiger partial charge in [-0.1, -0.05) is 6.42 Å². The second-order valence-corrected chi connectivity index (χ2v) is 5.66. The molecular formula is C15H17N3O3. The van der Waals surface area contributed by atoms with Gasteiger partial charge in [0, 0.05) is 17.6 Å². The maximum absolute atomic E-state index is 12.2. The Hall–Kier alpha value is -2.21. The van der Waals surface area contributed by atoms with Crippen molar-refractivity contribution >= 4 is 23.4 Å². The number of nitrogens with one attached hydrogen (secondary N) is 2. The standard InChI is InChI=1S/C15H17N3O3/c16-9-3-1-2-8(6-9)13(19)17-10-4-5-11-12(7-10)15(21)18-14(11)20/h4-5,7-9H,1-3,6,16H2,(H,17,19)(H,18,20,21). The summed E-state index contributed by atoms with van der Waals surface area (Å²) in [6, 6.07) is 4.81. The Morgan fingerprint density at radius 1 is 1.19 bits per heavy atom. The van der Waals surface area contributed by atoms with E-state index >= 15 is 0 Å². The van der Waals surface area contributed by atoms with Crippen molar-refractivity contribution in [1.29, 1.82) is 0 Å². The molecule has 1 aromatic carbocycles. The first-order valence-electron chi connectivity index (χ1n) is 7.11. The molecule has 1 aliphatic carbocycles. The zero-order valence-electron chi connectivity index (χ0n) is 11.5. The van der Waals surface area contributed by atoms with Gasteiger partial charge >= 0.3 is 0 Å². The molecule has 6 nitrogen and oxygen atoms in total. The molecule has 3 amide bonds. The minimum absolute atomic E-state index is 0.0742. The third-order valence-corrected chi connectivity index (χ3v) is 4.09. The summed E-state index contributed by atoms with van der Waals surface area (Å²) in [5, 5.41) is 5.04. The molecule has 1 fully saturated rings. The number of carbonyl (C=O) groups excluding carboxylic acids is 3. The van der Waals surface area contributed by atoms with Gasteiger partial charge in [0.15, 0.2) is 0 Å². The number of hydrogen-bond acceptors (Lipinski definition) is 4. The Morgan fingerprint density at radius 2 is 1.95 bits per heavy atom. The third-order valence-electron chi connectivity index (χ3n) is 4.09. The Labute approximate surface area is 122 Å². The van der Waals surface area contributed by atoms with Crippen LogP contribution in [-0.2, 0) is 4.79 Å². The van der Waals surface area contributed by atoms with E-state index in [0.29, 0.717) is 23.2 Å². The van der Waals surface area contributed by atoms with Crippen LogP contribution in [0.15, 0.2) is 18.2 Å². The van der Waals surface area contributed by atoms with E-state index in [4.69, 9.17) is 5.73 Å². The van der Waals surface area contributed by atoms with E-state index in [1.165, 1.54) is 6.07 Å². The van der Waals surface area contributed by atoms with Crippen molar-refractivity contribution in [1.82, 2.24) is 5.32 Å². The first kappa shape index (κ1) is 13.8. The van der Waals surface area contributed by atoms with Crippen LogP contribution < -0.4 is 16.4 Å². The molecule has 110 valence electrons. The first-order valence-corrected chi connectivity index (χ1v) is 7.11. The summed E-state index contributed by atoms with van der Waals surface area (Å²) in [6.45, 7) is 0. The largest absolute Gasteiger partial charge is 0.328 e. The lowest BCUT2D eigenvalue weighted by atomic mass is 9.85.